The third kappa shape index (κ3) is 3.93. The van der Waals surface area contributed by atoms with Crippen LogP contribution < -0.4 is 5.32 Å². The maximum Gasteiger partial charge on any atom is 0.219 e. The first-order chi connectivity index (χ1) is 7.63. The van der Waals surface area contributed by atoms with Crippen LogP contribution >= 0.6 is 0 Å². The number of carbonyl (C=O) groups excluding carboxylic acids is 1. The van der Waals surface area contributed by atoms with Gasteiger partial charge in [-0.3, -0.25) is 4.79 Å². The molecular formula is C13H19NO2. The highest BCUT2D eigenvalue weighted by molar-refractivity contribution is 5.75. The Morgan fingerprint density at radius 2 is 2.19 bits per heavy atom. The molecule has 3 nitrogen and oxygen atoms in total. The van der Waals surface area contributed by atoms with E-state index >= 15 is 0 Å². The Labute approximate surface area is 96.5 Å². The predicted molar refractivity (Wildman–Crippen MR) is 64.5 cm³/mol. The molecule has 1 aromatic carbocycles. The molecule has 1 rings (SSSR count). The summed E-state index contributed by atoms with van der Waals surface area (Å²) in [6, 6.07) is 5.52. The van der Waals surface area contributed by atoms with Gasteiger partial charge in [-0.2, -0.15) is 0 Å². The lowest BCUT2D eigenvalue weighted by Crippen LogP contribution is -2.25. The van der Waals surface area contributed by atoms with Crippen molar-refractivity contribution in [2.24, 2.45) is 0 Å². The lowest BCUT2D eigenvalue weighted by Gasteiger charge is -2.06. The van der Waals surface area contributed by atoms with E-state index in [-0.39, 0.29) is 5.91 Å². The van der Waals surface area contributed by atoms with E-state index in [2.05, 4.69) is 5.32 Å². The third-order valence-corrected chi connectivity index (χ3v) is 2.47. The van der Waals surface area contributed by atoms with Crippen molar-refractivity contribution < 1.29 is 9.90 Å². The van der Waals surface area contributed by atoms with Gasteiger partial charge in [0.25, 0.3) is 0 Å². The van der Waals surface area contributed by atoms with E-state index in [0.29, 0.717) is 18.7 Å². The summed E-state index contributed by atoms with van der Waals surface area (Å²) in [5.74, 6) is 0.428. The summed E-state index contributed by atoms with van der Waals surface area (Å²) in [7, 11) is 0. The Bertz CT molecular complexity index is 361. The minimum absolute atomic E-state index is 0.109. The number of benzene rings is 1. The molecule has 1 amide bonds. The Morgan fingerprint density at radius 1 is 1.44 bits per heavy atom. The number of hydrogen-bond acceptors (Lipinski definition) is 2. The van der Waals surface area contributed by atoms with E-state index < -0.39 is 0 Å². The highest BCUT2D eigenvalue weighted by atomic mass is 16.3. The van der Waals surface area contributed by atoms with Gasteiger partial charge in [-0.1, -0.05) is 19.1 Å². The van der Waals surface area contributed by atoms with Crippen molar-refractivity contribution in [3.05, 3.63) is 29.3 Å². The van der Waals surface area contributed by atoms with Crippen LogP contribution in [0.4, 0.5) is 0 Å². The van der Waals surface area contributed by atoms with Crippen molar-refractivity contribution >= 4 is 5.91 Å². The average Bonchev–Trinajstić information content (AvgIpc) is 2.24. The molecule has 0 radical (unpaired) electrons. The minimum atomic E-state index is 0.109. The lowest BCUT2D eigenvalue weighted by molar-refractivity contribution is -0.121. The maximum atomic E-state index is 11.2. The fourth-order valence-corrected chi connectivity index (χ4v) is 1.53. The fourth-order valence-electron chi connectivity index (χ4n) is 1.53. The van der Waals surface area contributed by atoms with E-state index in [4.69, 9.17) is 0 Å². The van der Waals surface area contributed by atoms with Gasteiger partial charge in [-0.05, 0) is 37.0 Å². The van der Waals surface area contributed by atoms with E-state index in [0.717, 1.165) is 24.0 Å². The second-order valence-electron chi connectivity index (χ2n) is 3.97. The molecule has 0 spiro atoms. The van der Waals surface area contributed by atoms with E-state index in [1.165, 1.54) is 0 Å². The summed E-state index contributed by atoms with van der Waals surface area (Å²) >= 11 is 0. The molecule has 0 aromatic heterocycles. The molecule has 0 aliphatic heterocycles. The fraction of sp³-hybridized carbons (Fsp3) is 0.462. The Hall–Kier alpha value is -1.51. The molecule has 0 saturated carbocycles. The molecule has 0 fully saturated rings. The number of phenolic OH excluding ortho intramolecular Hbond substituents is 1. The van der Waals surface area contributed by atoms with Gasteiger partial charge in [-0.15, -0.1) is 0 Å². The van der Waals surface area contributed by atoms with E-state index in [1.54, 1.807) is 6.07 Å². The Morgan fingerprint density at radius 3 is 2.81 bits per heavy atom. The van der Waals surface area contributed by atoms with Crippen LogP contribution in [-0.4, -0.2) is 17.6 Å². The number of hydrogen-bond donors (Lipinski definition) is 2. The smallest absolute Gasteiger partial charge is 0.219 e. The lowest BCUT2D eigenvalue weighted by atomic mass is 10.1. The number of amides is 1. The topological polar surface area (TPSA) is 49.3 Å². The van der Waals surface area contributed by atoms with Crippen LogP contribution in [0.25, 0.3) is 0 Å². The normalized spacial score (nSPS) is 10.1. The summed E-state index contributed by atoms with van der Waals surface area (Å²) in [4.78, 5) is 11.2. The Balaban J connectivity index is 2.37. The summed E-state index contributed by atoms with van der Waals surface area (Å²) in [6.07, 6.45) is 2.27. The summed E-state index contributed by atoms with van der Waals surface area (Å²) in [5.41, 5.74) is 2.00. The molecule has 0 saturated heterocycles. The number of aromatic hydroxyl groups is 1. The van der Waals surface area contributed by atoms with Gasteiger partial charge in [0.05, 0.1) is 0 Å². The number of rotatable bonds is 5. The quantitative estimate of drug-likeness (QED) is 0.800. The molecule has 1 aromatic rings. The van der Waals surface area contributed by atoms with Crippen molar-refractivity contribution in [2.75, 3.05) is 6.54 Å². The standard InChI is InChI=1S/C13H19NO2/c1-3-4-13(16)14-8-7-11-5-6-12(15)10(2)9-11/h5-6,9,15H,3-4,7-8H2,1-2H3,(H,14,16). The van der Waals surface area contributed by atoms with Crippen LogP contribution in [0.1, 0.15) is 30.9 Å². The van der Waals surface area contributed by atoms with Gasteiger partial charge in [-0.25, -0.2) is 0 Å². The predicted octanol–water partition coefficient (Wildman–Crippen LogP) is 2.16. The van der Waals surface area contributed by atoms with Crippen LogP contribution in [0, 0.1) is 6.92 Å². The first-order valence-electron chi connectivity index (χ1n) is 5.68. The second-order valence-corrected chi connectivity index (χ2v) is 3.97. The van der Waals surface area contributed by atoms with Crippen molar-refractivity contribution in [3.63, 3.8) is 0 Å². The van der Waals surface area contributed by atoms with Gasteiger partial charge >= 0.3 is 0 Å². The molecule has 0 unspecified atom stereocenters. The average molecular weight is 221 g/mol. The van der Waals surface area contributed by atoms with Gasteiger partial charge in [0.15, 0.2) is 0 Å². The zero-order chi connectivity index (χ0) is 12.0. The van der Waals surface area contributed by atoms with Gasteiger partial charge in [0.1, 0.15) is 5.75 Å². The molecule has 0 atom stereocenters. The van der Waals surface area contributed by atoms with E-state index in [9.17, 15) is 9.90 Å². The van der Waals surface area contributed by atoms with Crippen molar-refractivity contribution in [2.45, 2.75) is 33.1 Å². The van der Waals surface area contributed by atoms with Crippen LogP contribution in [-0.2, 0) is 11.2 Å². The number of nitrogens with one attached hydrogen (secondary N) is 1. The van der Waals surface area contributed by atoms with Gasteiger partial charge < -0.3 is 10.4 Å². The Kier molecular flexibility index (Phi) is 4.83. The van der Waals surface area contributed by atoms with Crippen molar-refractivity contribution in [1.82, 2.24) is 5.32 Å². The first kappa shape index (κ1) is 12.6. The van der Waals surface area contributed by atoms with Gasteiger partial charge in [0, 0.05) is 13.0 Å². The number of phenols is 1. The molecule has 2 N–H and O–H groups in total. The number of aryl methyl sites for hydroxylation is 1. The third-order valence-electron chi connectivity index (χ3n) is 2.47. The largest absolute Gasteiger partial charge is 0.508 e. The van der Waals surface area contributed by atoms with Crippen LogP contribution in [0.15, 0.2) is 18.2 Å². The molecule has 88 valence electrons. The zero-order valence-corrected chi connectivity index (χ0v) is 9.92. The SMILES string of the molecule is CCCC(=O)NCCc1ccc(O)c(C)c1. The minimum Gasteiger partial charge on any atom is -0.508 e. The van der Waals surface area contributed by atoms with Crippen LogP contribution in [0.3, 0.4) is 0 Å². The highest BCUT2D eigenvalue weighted by Gasteiger charge is 2.00. The molecule has 0 aliphatic carbocycles. The molecular weight excluding hydrogens is 202 g/mol. The van der Waals surface area contributed by atoms with Crippen molar-refractivity contribution in [3.8, 4) is 5.75 Å². The molecule has 0 heterocycles. The van der Waals surface area contributed by atoms with Crippen molar-refractivity contribution in [1.29, 1.82) is 0 Å². The monoisotopic (exact) mass is 221 g/mol. The summed E-state index contributed by atoms with van der Waals surface area (Å²) in [6.45, 7) is 4.51. The summed E-state index contributed by atoms with van der Waals surface area (Å²) < 4.78 is 0. The summed E-state index contributed by atoms with van der Waals surface area (Å²) in [5, 5.41) is 12.2. The van der Waals surface area contributed by atoms with E-state index in [1.807, 2.05) is 26.0 Å². The van der Waals surface area contributed by atoms with Gasteiger partial charge in [0.2, 0.25) is 5.91 Å². The second kappa shape index (κ2) is 6.16. The number of carbonyl (C=O) groups is 1. The zero-order valence-electron chi connectivity index (χ0n) is 9.92. The molecule has 0 aliphatic rings. The molecule has 16 heavy (non-hydrogen) atoms. The highest BCUT2D eigenvalue weighted by Crippen LogP contribution is 2.16. The first-order valence-corrected chi connectivity index (χ1v) is 5.68. The molecule has 0 bridgehead atoms. The van der Waals surface area contributed by atoms with Crippen LogP contribution in [0.5, 0.6) is 5.75 Å². The maximum absolute atomic E-state index is 11.2. The molecule has 3 heteroatoms. The van der Waals surface area contributed by atoms with Crippen LogP contribution in [0.2, 0.25) is 0 Å².